The second kappa shape index (κ2) is 7.95. The molecule has 0 aromatic heterocycles. The largest absolute Gasteiger partial charge is 0.309 e. The number of likely N-dealkylation sites (N-methyl/N-ethyl adjacent to an activating group) is 1. The van der Waals surface area contributed by atoms with Gasteiger partial charge in [0.05, 0.1) is 0 Å². The molecule has 2 unspecified atom stereocenters. The number of nitrogens with one attached hydrogen (secondary N) is 1. The Labute approximate surface area is 130 Å². The molecular weight excluding hydrogens is 256 g/mol. The standard InChI is InChI=1S/C19H32N2/c1-5-17-8-7-11-21(13-17)14-19(20-6-2)18-10-9-15(3)16(4)12-18/h9-10,12,17,19-20H,5-8,11,13-14H2,1-4H3. The van der Waals surface area contributed by atoms with Gasteiger partial charge in [0.1, 0.15) is 0 Å². The first-order valence-corrected chi connectivity index (χ1v) is 8.66. The smallest absolute Gasteiger partial charge is 0.0449 e. The van der Waals surface area contributed by atoms with Crippen molar-refractivity contribution >= 4 is 0 Å². The molecule has 1 aromatic rings. The average molecular weight is 288 g/mol. The third kappa shape index (κ3) is 4.55. The molecule has 2 rings (SSSR count). The van der Waals surface area contributed by atoms with Crippen LogP contribution in [0.3, 0.4) is 0 Å². The second-order valence-electron chi connectivity index (χ2n) is 6.63. The lowest BCUT2D eigenvalue weighted by Gasteiger charge is -2.35. The van der Waals surface area contributed by atoms with Gasteiger partial charge in [-0.05, 0) is 62.4 Å². The molecule has 21 heavy (non-hydrogen) atoms. The van der Waals surface area contributed by atoms with Gasteiger partial charge >= 0.3 is 0 Å². The third-order valence-corrected chi connectivity index (χ3v) is 5.01. The van der Waals surface area contributed by atoms with Crippen LogP contribution in [0.2, 0.25) is 0 Å². The van der Waals surface area contributed by atoms with E-state index >= 15 is 0 Å². The van der Waals surface area contributed by atoms with Crippen molar-refractivity contribution in [3.63, 3.8) is 0 Å². The summed E-state index contributed by atoms with van der Waals surface area (Å²) in [6.07, 6.45) is 4.11. The molecule has 0 spiro atoms. The molecular formula is C19H32N2. The molecule has 1 aromatic carbocycles. The normalized spacial score (nSPS) is 21.4. The quantitative estimate of drug-likeness (QED) is 0.848. The summed E-state index contributed by atoms with van der Waals surface area (Å²) in [5, 5.41) is 3.68. The SMILES string of the molecule is CCNC(CN1CCCC(CC)C1)c1ccc(C)c(C)c1. The van der Waals surface area contributed by atoms with Crippen LogP contribution in [-0.4, -0.2) is 31.1 Å². The minimum Gasteiger partial charge on any atom is -0.309 e. The van der Waals surface area contributed by atoms with Gasteiger partial charge in [-0.3, -0.25) is 0 Å². The molecule has 1 fully saturated rings. The lowest BCUT2D eigenvalue weighted by Crippen LogP contribution is -2.41. The van der Waals surface area contributed by atoms with Crippen molar-refractivity contribution in [1.82, 2.24) is 10.2 Å². The summed E-state index contributed by atoms with van der Waals surface area (Å²) in [7, 11) is 0. The molecule has 118 valence electrons. The van der Waals surface area contributed by atoms with Crippen LogP contribution < -0.4 is 5.32 Å². The van der Waals surface area contributed by atoms with Gasteiger partial charge in [0, 0.05) is 19.1 Å². The lowest BCUT2D eigenvalue weighted by molar-refractivity contribution is 0.157. The molecule has 0 amide bonds. The lowest BCUT2D eigenvalue weighted by atomic mass is 9.94. The Morgan fingerprint density at radius 2 is 2.05 bits per heavy atom. The van der Waals surface area contributed by atoms with Crippen LogP contribution in [0.4, 0.5) is 0 Å². The minimum absolute atomic E-state index is 0.463. The summed E-state index contributed by atoms with van der Waals surface area (Å²) in [5.41, 5.74) is 4.23. The molecule has 1 saturated heterocycles. The maximum atomic E-state index is 3.68. The highest BCUT2D eigenvalue weighted by molar-refractivity contribution is 5.32. The van der Waals surface area contributed by atoms with E-state index in [1.165, 1.54) is 49.0 Å². The van der Waals surface area contributed by atoms with Crippen molar-refractivity contribution in [2.24, 2.45) is 5.92 Å². The van der Waals surface area contributed by atoms with Gasteiger partial charge in [-0.15, -0.1) is 0 Å². The molecule has 1 N–H and O–H groups in total. The zero-order valence-corrected chi connectivity index (χ0v) is 14.3. The second-order valence-corrected chi connectivity index (χ2v) is 6.63. The Morgan fingerprint density at radius 1 is 1.24 bits per heavy atom. The molecule has 0 aliphatic carbocycles. The number of piperidine rings is 1. The number of aryl methyl sites for hydroxylation is 2. The summed E-state index contributed by atoms with van der Waals surface area (Å²) in [5.74, 6) is 0.904. The molecule has 1 aliphatic heterocycles. The van der Waals surface area contributed by atoms with Crippen molar-refractivity contribution in [2.75, 3.05) is 26.2 Å². The van der Waals surface area contributed by atoms with E-state index in [9.17, 15) is 0 Å². The van der Waals surface area contributed by atoms with Gasteiger partial charge in [-0.2, -0.15) is 0 Å². The van der Waals surface area contributed by atoms with Gasteiger partial charge in [0.2, 0.25) is 0 Å². The van der Waals surface area contributed by atoms with Crippen LogP contribution in [0.25, 0.3) is 0 Å². The third-order valence-electron chi connectivity index (χ3n) is 5.01. The highest BCUT2D eigenvalue weighted by Crippen LogP contribution is 2.23. The maximum absolute atomic E-state index is 3.68. The fourth-order valence-corrected chi connectivity index (χ4v) is 3.42. The summed E-state index contributed by atoms with van der Waals surface area (Å²) in [6.45, 7) is 13.7. The highest BCUT2D eigenvalue weighted by atomic mass is 15.2. The van der Waals surface area contributed by atoms with Crippen molar-refractivity contribution in [3.05, 3.63) is 34.9 Å². The number of likely N-dealkylation sites (tertiary alicyclic amines) is 1. The first-order chi connectivity index (χ1) is 10.1. The maximum Gasteiger partial charge on any atom is 0.0449 e. The van der Waals surface area contributed by atoms with E-state index in [1.807, 2.05) is 0 Å². The van der Waals surface area contributed by atoms with Gasteiger partial charge < -0.3 is 10.2 Å². The van der Waals surface area contributed by atoms with Gasteiger partial charge in [-0.1, -0.05) is 38.5 Å². The summed E-state index contributed by atoms with van der Waals surface area (Å²) in [4.78, 5) is 2.67. The van der Waals surface area contributed by atoms with Crippen molar-refractivity contribution in [2.45, 2.75) is 53.0 Å². The molecule has 1 heterocycles. The number of benzene rings is 1. The molecule has 2 heteroatoms. The fourth-order valence-electron chi connectivity index (χ4n) is 3.42. The molecule has 2 atom stereocenters. The number of rotatable bonds is 6. The van der Waals surface area contributed by atoms with Crippen molar-refractivity contribution in [1.29, 1.82) is 0 Å². The van der Waals surface area contributed by atoms with E-state index in [2.05, 4.69) is 56.1 Å². The number of hydrogen-bond donors (Lipinski definition) is 1. The van der Waals surface area contributed by atoms with Crippen LogP contribution in [-0.2, 0) is 0 Å². The van der Waals surface area contributed by atoms with E-state index in [0.717, 1.165) is 19.0 Å². The van der Waals surface area contributed by atoms with Crippen LogP contribution in [0.1, 0.15) is 55.8 Å². The first kappa shape index (κ1) is 16.5. The molecule has 1 aliphatic rings. The zero-order chi connectivity index (χ0) is 15.2. The number of nitrogens with zero attached hydrogens (tertiary/aromatic N) is 1. The average Bonchev–Trinajstić information content (AvgIpc) is 2.50. The van der Waals surface area contributed by atoms with Crippen LogP contribution >= 0.6 is 0 Å². The Hall–Kier alpha value is -0.860. The van der Waals surface area contributed by atoms with E-state index in [0.29, 0.717) is 6.04 Å². The Bertz CT molecular complexity index is 441. The van der Waals surface area contributed by atoms with E-state index in [1.54, 1.807) is 0 Å². The molecule has 0 saturated carbocycles. The van der Waals surface area contributed by atoms with Crippen LogP contribution in [0.5, 0.6) is 0 Å². The van der Waals surface area contributed by atoms with Crippen molar-refractivity contribution in [3.8, 4) is 0 Å². The minimum atomic E-state index is 0.463. The molecule has 2 nitrogen and oxygen atoms in total. The summed E-state index contributed by atoms with van der Waals surface area (Å²) in [6, 6.07) is 7.39. The van der Waals surface area contributed by atoms with Gasteiger partial charge in [0.25, 0.3) is 0 Å². The van der Waals surface area contributed by atoms with E-state index < -0.39 is 0 Å². The van der Waals surface area contributed by atoms with Crippen molar-refractivity contribution < 1.29 is 0 Å². The Balaban J connectivity index is 2.05. The molecule has 0 radical (unpaired) electrons. The van der Waals surface area contributed by atoms with Crippen LogP contribution in [0, 0.1) is 19.8 Å². The summed E-state index contributed by atoms with van der Waals surface area (Å²) < 4.78 is 0. The summed E-state index contributed by atoms with van der Waals surface area (Å²) >= 11 is 0. The first-order valence-electron chi connectivity index (χ1n) is 8.66. The fraction of sp³-hybridized carbons (Fsp3) is 0.684. The van der Waals surface area contributed by atoms with E-state index in [4.69, 9.17) is 0 Å². The van der Waals surface area contributed by atoms with Crippen LogP contribution in [0.15, 0.2) is 18.2 Å². The predicted molar refractivity (Wildman–Crippen MR) is 91.8 cm³/mol. The topological polar surface area (TPSA) is 15.3 Å². The highest BCUT2D eigenvalue weighted by Gasteiger charge is 2.22. The predicted octanol–water partition coefficient (Wildman–Crippen LogP) is 4.08. The monoisotopic (exact) mass is 288 g/mol. The number of hydrogen-bond acceptors (Lipinski definition) is 2. The molecule has 0 bridgehead atoms. The zero-order valence-electron chi connectivity index (χ0n) is 14.3. The Kier molecular flexibility index (Phi) is 6.25. The Morgan fingerprint density at radius 3 is 2.71 bits per heavy atom. The van der Waals surface area contributed by atoms with Gasteiger partial charge in [-0.25, -0.2) is 0 Å². The van der Waals surface area contributed by atoms with E-state index in [-0.39, 0.29) is 0 Å². The van der Waals surface area contributed by atoms with Gasteiger partial charge in [0.15, 0.2) is 0 Å².